The normalized spacial score (nSPS) is 12.7. The summed E-state index contributed by atoms with van der Waals surface area (Å²) >= 11 is 4.67. The van der Waals surface area contributed by atoms with Gasteiger partial charge in [-0.2, -0.15) is 0 Å². The highest BCUT2D eigenvalue weighted by Crippen LogP contribution is 2.28. The second-order valence-electron chi connectivity index (χ2n) is 7.69. The highest BCUT2D eigenvalue weighted by Gasteiger charge is 2.27. The molecule has 2 N–H and O–H groups in total. The van der Waals surface area contributed by atoms with Crippen molar-refractivity contribution in [2.24, 2.45) is 5.92 Å². The van der Waals surface area contributed by atoms with Crippen LogP contribution in [0.1, 0.15) is 30.6 Å². The number of rotatable bonds is 8. The number of anilines is 2. The van der Waals surface area contributed by atoms with Gasteiger partial charge in [-0.15, -0.1) is 10.2 Å². The number of hydrogen-bond donors (Lipinski definition) is 2. The Kier molecular flexibility index (Phi) is 7.98. The van der Waals surface area contributed by atoms with Crippen molar-refractivity contribution in [2.45, 2.75) is 26.3 Å². The lowest BCUT2D eigenvalue weighted by Crippen LogP contribution is -2.47. The monoisotopic (exact) mass is 515 g/mol. The Morgan fingerprint density at radius 1 is 1.12 bits per heavy atom. The fourth-order valence-electron chi connectivity index (χ4n) is 3.03. The van der Waals surface area contributed by atoms with Gasteiger partial charge in [0, 0.05) is 35.4 Å². The molecule has 0 aliphatic carbocycles. The Bertz CT molecular complexity index is 1080. The van der Waals surface area contributed by atoms with Gasteiger partial charge in [0.15, 0.2) is 0 Å². The zero-order valence-electron chi connectivity index (χ0n) is 18.4. The largest absolute Gasteiger partial charge is 0.378 e. The molecule has 2 atom stereocenters. The van der Waals surface area contributed by atoms with Gasteiger partial charge in [-0.05, 0) is 48.4 Å². The number of hydrogen-bond acceptors (Lipinski definition) is 6. The number of benzene rings is 2. The molecule has 0 fully saturated rings. The molecule has 2 aromatic carbocycles. The third-order valence-electron chi connectivity index (χ3n) is 5.15. The van der Waals surface area contributed by atoms with Crippen molar-refractivity contribution in [3.63, 3.8) is 0 Å². The van der Waals surface area contributed by atoms with Crippen LogP contribution in [0.4, 0.5) is 10.8 Å². The van der Waals surface area contributed by atoms with Crippen molar-refractivity contribution in [1.29, 1.82) is 0 Å². The lowest BCUT2D eigenvalue weighted by molar-refractivity contribution is -0.119. The second kappa shape index (κ2) is 10.7. The fourth-order valence-corrected chi connectivity index (χ4v) is 4.18. The van der Waals surface area contributed by atoms with Crippen LogP contribution >= 0.6 is 27.3 Å². The van der Waals surface area contributed by atoms with Crippen LogP contribution in [0.2, 0.25) is 0 Å². The van der Waals surface area contributed by atoms with E-state index in [2.05, 4.69) is 36.8 Å². The highest BCUT2D eigenvalue weighted by molar-refractivity contribution is 9.10. The van der Waals surface area contributed by atoms with Crippen LogP contribution in [0.3, 0.4) is 0 Å². The molecule has 7 nitrogen and oxygen atoms in total. The van der Waals surface area contributed by atoms with Crippen molar-refractivity contribution in [2.75, 3.05) is 24.3 Å². The van der Waals surface area contributed by atoms with E-state index in [4.69, 9.17) is 0 Å². The maximum absolute atomic E-state index is 13.0. The Balaban J connectivity index is 1.72. The molecule has 0 spiro atoms. The SMILES string of the molecule is CCC(C)C(NC(=O)c1cccc(Br)c1)C(=O)Nc1nnc(-c2ccc(N(C)C)cc2)s1. The standard InChI is InChI=1S/C23H26BrN5O2S/c1-5-14(2)19(25-20(30)16-7-6-8-17(24)13-16)21(31)26-23-28-27-22(32-23)15-9-11-18(12-10-15)29(3)4/h6-14,19H,5H2,1-4H3,(H,25,30)(H,26,28,31). The Labute approximate surface area is 200 Å². The number of halogens is 1. The van der Waals surface area contributed by atoms with Gasteiger partial charge < -0.3 is 10.2 Å². The van der Waals surface area contributed by atoms with Gasteiger partial charge in [0.05, 0.1) is 0 Å². The van der Waals surface area contributed by atoms with Crippen molar-refractivity contribution >= 4 is 49.9 Å². The predicted octanol–water partition coefficient (Wildman–Crippen LogP) is 4.82. The van der Waals surface area contributed by atoms with E-state index in [9.17, 15) is 9.59 Å². The smallest absolute Gasteiger partial charge is 0.251 e. The minimum Gasteiger partial charge on any atom is -0.378 e. The molecule has 2 amide bonds. The first kappa shape index (κ1) is 23.9. The van der Waals surface area contributed by atoms with Crippen molar-refractivity contribution in [3.8, 4) is 10.6 Å². The molecule has 1 heterocycles. The molecule has 168 valence electrons. The van der Waals surface area contributed by atoms with E-state index in [1.807, 2.05) is 63.2 Å². The van der Waals surface area contributed by atoms with Crippen LogP contribution in [0.15, 0.2) is 53.0 Å². The Morgan fingerprint density at radius 2 is 1.84 bits per heavy atom. The van der Waals surface area contributed by atoms with Gasteiger partial charge in [-0.25, -0.2) is 0 Å². The molecule has 9 heteroatoms. The van der Waals surface area contributed by atoms with Gasteiger partial charge in [0.1, 0.15) is 11.0 Å². The van der Waals surface area contributed by atoms with E-state index in [1.54, 1.807) is 18.2 Å². The quantitative estimate of drug-likeness (QED) is 0.449. The summed E-state index contributed by atoms with van der Waals surface area (Å²) in [7, 11) is 3.97. The molecule has 0 aliphatic rings. The summed E-state index contributed by atoms with van der Waals surface area (Å²) in [5.74, 6) is -0.670. The van der Waals surface area contributed by atoms with Gasteiger partial charge in [-0.1, -0.05) is 53.6 Å². The van der Waals surface area contributed by atoms with Crippen LogP contribution in [-0.2, 0) is 4.79 Å². The lowest BCUT2D eigenvalue weighted by Gasteiger charge is -2.23. The average Bonchev–Trinajstić information content (AvgIpc) is 3.25. The molecule has 0 saturated carbocycles. The molecule has 0 bridgehead atoms. The maximum atomic E-state index is 13.0. The van der Waals surface area contributed by atoms with Crippen molar-refractivity contribution < 1.29 is 9.59 Å². The van der Waals surface area contributed by atoms with E-state index >= 15 is 0 Å². The van der Waals surface area contributed by atoms with Crippen molar-refractivity contribution in [3.05, 3.63) is 58.6 Å². The number of carbonyl (C=O) groups excluding carboxylic acids is 2. The van der Waals surface area contributed by atoms with Crippen molar-refractivity contribution in [1.82, 2.24) is 15.5 Å². The molecule has 0 radical (unpaired) electrons. The molecule has 1 aromatic heterocycles. The predicted molar refractivity (Wildman–Crippen MR) is 133 cm³/mol. The molecule has 2 unspecified atom stereocenters. The van der Waals surface area contributed by atoms with Crippen LogP contribution in [0.25, 0.3) is 10.6 Å². The van der Waals surface area contributed by atoms with Gasteiger partial charge in [0.2, 0.25) is 11.0 Å². The van der Waals surface area contributed by atoms with E-state index in [0.717, 1.165) is 22.1 Å². The first-order chi connectivity index (χ1) is 15.3. The van der Waals surface area contributed by atoms with E-state index in [0.29, 0.717) is 15.7 Å². The van der Waals surface area contributed by atoms with E-state index < -0.39 is 6.04 Å². The Morgan fingerprint density at radius 3 is 2.47 bits per heavy atom. The average molecular weight is 516 g/mol. The Hall–Kier alpha value is -2.78. The molecular weight excluding hydrogens is 490 g/mol. The number of carbonyl (C=O) groups is 2. The summed E-state index contributed by atoms with van der Waals surface area (Å²) in [5.41, 5.74) is 2.50. The van der Waals surface area contributed by atoms with Crippen LogP contribution in [-0.4, -0.2) is 42.1 Å². The fraction of sp³-hybridized carbons (Fsp3) is 0.304. The minimum atomic E-state index is -0.696. The van der Waals surface area contributed by atoms with Crippen LogP contribution in [0, 0.1) is 5.92 Å². The highest BCUT2D eigenvalue weighted by atomic mass is 79.9. The zero-order chi connectivity index (χ0) is 23.3. The number of amides is 2. The number of nitrogens with zero attached hydrogens (tertiary/aromatic N) is 3. The molecule has 32 heavy (non-hydrogen) atoms. The lowest BCUT2D eigenvalue weighted by atomic mass is 9.98. The zero-order valence-corrected chi connectivity index (χ0v) is 20.8. The summed E-state index contributed by atoms with van der Waals surface area (Å²) in [6, 6.07) is 14.3. The third kappa shape index (κ3) is 5.92. The number of aromatic nitrogens is 2. The summed E-state index contributed by atoms with van der Waals surface area (Å²) in [4.78, 5) is 27.7. The summed E-state index contributed by atoms with van der Waals surface area (Å²) < 4.78 is 0.801. The first-order valence-corrected chi connectivity index (χ1v) is 11.9. The molecule has 3 rings (SSSR count). The van der Waals surface area contributed by atoms with E-state index in [-0.39, 0.29) is 17.7 Å². The first-order valence-electron chi connectivity index (χ1n) is 10.3. The summed E-state index contributed by atoms with van der Waals surface area (Å²) in [6.07, 6.45) is 0.733. The summed E-state index contributed by atoms with van der Waals surface area (Å²) in [6.45, 7) is 3.92. The van der Waals surface area contributed by atoms with Crippen LogP contribution in [0.5, 0.6) is 0 Å². The number of nitrogens with one attached hydrogen (secondary N) is 2. The molecular formula is C23H26BrN5O2S. The minimum absolute atomic E-state index is 0.0583. The van der Waals surface area contributed by atoms with Gasteiger partial charge in [0.25, 0.3) is 5.91 Å². The van der Waals surface area contributed by atoms with E-state index in [1.165, 1.54) is 11.3 Å². The molecule has 0 saturated heterocycles. The van der Waals surface area contributed by atoms with Crippen LogP contribution < -0.4 is 15.5 Å². The topological polar surface area (TPSA) is 87.2 Å². The maximum Gasteiger partial charge on any atom is 0.251 e. The molecule has 3 aromatic rings. The summed E-state index contributed by atoms with van der Waals surface area (Å²) in [5, 5.41) is 15.1. The third-order valence-corrected chi connectivity index (χ3v) is 6.54. The van der Waals surface area contributed by atoms with Gasteiger partial charge in [-0.3, -0.25) is 14.9 Å². The second-order valence-corrected chi connectivity index (χ2v) is 9.58. The van der Waals surface area contributed by atoms with Gasteiger partial charge >= 0.3 is 0 Å². The molecule has 0 aliphatic heterocycles.